The Morgan fingerprint density at radius 2 is 2.20 bits per heavy atom. The molecule has 2 aliphatic rings. The Kier molecular flexibility index (Phi) is 5.41. The molecule has 0 bridgehead atoms. The number of halogens is 1. The smallest absolute Gasteiger partial charge is 0.330 e. The Bertz CT molecular complexity index is 414. The van der Waals surface area contributed by atoms with Gasteiger partial charge in [-0.3, -0.25) is 4.90 Å². The van der Waals surface area contributed by atoms with Crippen molar-refractivity contribution in [3.63, 3.8) is 0 Å². The molecule has 2 rings (SSSR count). The van der Waals surface area contributed by atoms with Gasteiger partial charge in [0.1, 0.15) is 5.54 Å². The normalized spacial score (nSPS) is 27.5. The third kappa shape index (κ3) is 3.51. The lowest BCUT2D eigenvalue weighted by atomic mass is 9.88. The van der Waals surface area contributed by atoms with Crippen LogP contribution in [0.1, 0.15) is 20.3 Å². The van der Waals surface area contributed by atoms with Crippen molar-refractivity contribution in [3.05, 3.63) is 22.7 Å². The minimum Gasteiger partial charge on any atom is -0.464 e. The summed E-state index contributed by atoms with van der Waals surface area (Å²) in [5, 5.41) is 3.33. The Balaban J connectivity index is 2.16. The fraction of sp³-hybridized carbons (Fsp3) is 0.667. The van der Waals surface area contributed by atoms with Gasteiger partial charge in [-0.25, -0.2) is 4.79 Å². The number of hydrogen-bond donors (Lipinski definition) is 1. The molecule has 0 amide bonds. The number of allylic oxidation sites excluding steroid dienone is 2. The third-order valence-electron chi connectivity index (χ3n) is 3.71. The van der Waals surface area contributed by atoms with Crippen LogP contribution in [0, 0.1) is 5.92 Å². The molecule has 1 unspecified atom stereocenters. The van der Waals surface area contributed by atoms with Gasteiger partial charge in [-0.2, -0.15) is 0 Å². The van der Waals surface area contributed by atoms with E-state index >= 15 is 0 Å². The van der Waals surface area contributed by atoms with Gasteiger partial charge in [-0.1, -0.05) is 41.9 Å². The van der Waals surface area contributed by atoms with Crippen LogP contribution < -0.4 is 5.32 Å². The number of nitrogens with zero attached hydrogens (tertiary/aromatic N) is 1. The van der Waals surface area contributed by atoms with Crippen molar-refractivity contribution < 1.29 is 9.53 Å². The van der Waals surface area contributed by atoms with Gasteiger partial charge in [0.15, 0.2) is 0 Å². The molecule has 20 heavy (non-hydrogen) atoms. The Labute approximate surface area is 129 Å². The number of carbonyl (C=O) groups is 1. The molecule has 5 heteroatoms. The fourth-order valence-electron chi connectivity index (χ4n) is 2.55. The molecule has 0 spiro atoms. The number of hydrogen-bond acceptors (Lipinski definition) is 4. The Morgan fingerprint density at radius 1 is 1.50 bits per heavy atom. The van der Waals surface area contributed by atoms with E-state index in [1.807, 2.05) is 12.2 Å². The molecule has 1 atom stereocenters. The van der Waals surface area contributed by atoms with E-state index in [4.69, 9.17) is 4.74 Å². The highest BCUT2D eigenvalue weighted by atomic mass is 79.9. The monoisotopic (exact) mass is 342 g/mol. The summed E-state index contributed by atoms with van der Waals surface area (Å²) in [5.41, 5.74) is -0.631. The molecule has 4 nitrogen and oxygen atoms in total. The van der Waals surface area contributed by atoms with Crippen molar-refractivity contribution in [1.82, 2.24) is 10.2 Å². The molecule has 0 aromatic heterocycles. The number of piperazine rings is 1. The first-order valence-corrected chi connectivity index (χ1v) is 8.02. The van der Waals surface area contributed by atoms with Crippen LogP contribution in [-0.4, -0.2) is 49.2 Å². The zero-order valence-electron chi connectivity index (χ0n) is 12.2. The van der Waals surface area contributed by atoms with Crippen LogP contribution >= 0.6 is 15.9 Å². The van der Waals surface area contributed by atoms with Gasteiger partial charge in [0.25, 0.3) is 0 Å². The molecular formula is C15H23BrN2O2. The maximum atomic E-state index is 12.7. The topological polar surface area (TPSA) is 41.6 Å². The van der Waals surface area contributed by atoms with Crippen molar-refractivity contribution in [1.29, 1.82) is 0 Å². The molecule has 1 saturated heterocycles. The van der Waals surface area contributed by atoms with Crippen LogP contribution in [0.2, 0.25) is 0 Å². The first-order valence-electron chi connectivity index (χ1n) is 7.22. The van der Waals surface area contributed by atoms with Crippen LogP contribution in [0.25, 0.3) is 0 Å². The largest absolute Gasteiger partial charge is 0.464 e. The quantitative estimate of drug-likeness (QED) is 0.794. The highest BCUT2D eigenvalue weighted by Crippen LogP contribution is 2.31. The summed E-state index contributed by atoms with van der Waals surface area (Å²) >= 11 is 3.47. The highest BCUT2D eigenvalue weighted by molar-refractivity contribution is 9.11. The Hall–Kier alpha value is -0.650. The van der Waals surface area contributed by atoms with Crippen molar-refractivity contribution in [3.8, 4) is 0 Å². The van der Waals surface area contributed by atoms with E-state index in [-0.39, 0.29) is 5.97 Å². The van der Waals surface area contributed by atoms with E-state index in [1.54, 1.807) is 0 Å². The molecule has 1 heterocycles. The maximum Gasteiger partial charge on any atom is 0.330 e. The van der Waals surface area contributed by atoms with Crippen molar-refractivity contribution in [2.24, 2.45) is 5.92 Å². The highest BCUT2D eigenvalue weighted by Gasteiger charge is 2.44. The second kappa shape index (κ2) is 6.87. The molecule has 1 aliphatic heterocycles. The summed E-state index contributed by atoms with van der Waals surface area (Å²) in [7, 11) is 0. The summed E-state index contributed by atoms with van der Waals surface area (Å²) in [6, 6.07) is 0. The van der Waals surface area contributed by atoms with E-state index in [0.717, 1.165) is 30.7 Å². The number of rotatable bonds is 4. The molecule has 0 aromatic rings. The second-order valence-electron chi connectivity index (χ2n) is 5.78. The van der Waals surface area contributed by atoms with Gasteiger partial charge in [-0.15, -0.1) is 0 Å². The average Bonchev–Trinajstić information content (AvgIpc) is 2.47. The van der Waals surface area contributed by atoms with Gasteiger partial charge < -0.3 is 10.1 Å². The van der Waals surface area contributed by atoms with Crippen LogP contribution in [0.15, 0.2) is 22.7 Å². The molecule has 1 fully saturated rings. The summed E-state index contributed by atoms with van der Waals surface area (Å²) in [6.07, 6.45) is 6.67. The zero-order chi connectivity index (χ0) is 14.6. The predicted octanol–water partition coefficient (Wildman–Crippen LogP) is 2.07. The predicted molar refractivity (Wildman–Crippen MR) is 83.7 cm³/mol. The lowest BCUT2D eigenvalue weighted by Gasteiger charge is -2.42. The van der Waals surface area contributed by atoms with Gasteiger partial charge in [-0.05, 0) is 18.4 Å². The van der Waals surface area contributed by atoms with E-state index in [0.29, 0.717) is 18.9 Å². The first kappa shape index (κ1) is 15.7. The van der Waals surface area contributed by atoms with Gasteiger partial charge in [0.05, 0.1) is 6.61 Å². The van der Waals surface area contributed by atoms with E-state index in [1.165, 1.54) is 0 Å². The molecule has 0 aromatic carbocycles. The van der Waals surface area contributed by atoms with Crippen molar-refractivity contribution >= 4 is 21.9 Å². The van der Waals surface area contributed by atoms with Gasteiger partial charge in [0.2, 0.25) is 0 Å². The van der Waals surface area contributed by atoms with E-state index in [9.17, 15) is 4.79 Å². The lowest BCUT2D eigenvalue weighted by molar-refractivity contribution is -0.156. The molecule has 112 valence electrons. The number of nitrogens with one attached hydrogen (secondary N) is 1. The molecular weight excluding hydrogens is 320 g/mol. The maximum absolute atomic E-state index is 12.7. The van der Waals surface area contributed by atoms with Crippen molar-refractivity contribution in [2.45, 2.75) is 25.8 Å². The van der Waals surface area contributed by atoms with Crippen LogP contribution in [0.3, 0.4) is 0 Å². The van der Waals surface area contributed by atoms with Crippen LogP contribution in [-0.2, 0) is 9.53 Å². The SMILES string of the molecule is CC(C)COC(=O)C1(N2CCNCC2)C=CC(Br)=CC1. The Morgan fingerprint density at radius 3 is 2.75 bits per heavy atom. The third-order valence-corrected chi connectivity index (χ3v) is 4.30. The standard InChI is InChI=1S/C15H23BrN2O2/c1-12(2)11-20-14(19)15(5-3-13(16)4-6-15)18-9-7-17-8-10-18/h3-5,12,17H,6-11H2,1-2H3. The second-order valence-corrected chi connectivity index (χ2v) is 6.70. The summed E-state index contributed by atoms with van der Waals surface area (Å²) in [6.45, 7) is 8.15. The number of carbonyl (C=O) groups excluding carboxylic acids is 1. The molecule has 0 radical (unpaired) electrons. The summed E-state index contributed by atoms with van der Waals surface area (Å²) in [5.74, 6) is 0.231. The van der Waals surface area contributed by atoms with Crippen LogP contribution in [0.5, 0.6) is 0 Å². The van der Waals surface area contributed by atoms with Gasteiger partial charge in [0, 0.05) is 30.7 Å². The fourth-order valence-corrected chi connectivity index (χ4v) is 2.85. The van der Waals surface area contributed by atoms with E-state index < -0.39 is 5.54 Å². The minimum absolute atomic E-state index is 0.124. The minimum atomic E-state index is -0.631. The molecule has 1 N–H and O–H groups in total. The zero-order valence-corrected chi connectivity index (χ0v) is 13.8. The number of esters is 1. The van der Waals surface area contributed by atoms with Crippen LogP contribution in [0.4, 0.5) is 0 Å². The van der Waals surface area contributed by atoms with Crippen molar-refractivity contribution in [2.75, 3.05) is 32.8 Å². The molecule has 1 aliphatic carbocycles. The average molecular weight is 343 g/mol. The summed E-state index contributed by atoms with van der Waals surface area (Å²) in [4.78, 5) is 14.9. The molecule has 0 saturated carbocycles. The van der Waals surface area contributed by atoms with Gasteiger partial charge >= 0.3 is 5.97 Å². The lowest BCUT2D eigenvalue weighted by Crippen LogP contribution is -2.60. The summed E-state index contributed by atoms with van der Waals surface area (Å²) < 4.78 is 6.57. The number of ether oxygens (including phenoxy) is 1. The first-order chi connectivity index (χ1) is 9.54. The van der Waals surface area contributed by atoms with E-state index in [2.05, 4.69) is 46.1 Å².